The summed E-state index contributed by atoms with van der Waals surface area (Å²) in [6.07, 6.45) is 0. The molecule has 0 aliphatic rings. The number of hydrogen-bond donors (Lipinski definition) is 1. The molecule has 0 aromatic heterocycles. The van der Waals surface area contributed by atoms with Crippen LogP contribution in [0.2, 0.25) is 0 Å². The zero-order valence-corrected chi connectivity index (χ0v) is 10.1. The number of hydrogen-bond acceptors (Lipinski definition) is 2. The molecule has 2 aromatic rings. The zero-order valence-electron chi connectivity index (χ0n) is 9.31. The van der Waals surface area contributed by atoms with Crippen molar-refractivity contribution in [3.8, 4) is 0 Å². The highest BCUT2D eigenvalue weighted by atomic mass is 32.2. The molecule has 82 valence electrons. The van der Waals surface area contributed by atoms with Gasteiger partial charge >= 0.3 is 0 Å². The van der Waals surface area contributed by atoms with Crippen molar-refractivity contribution in [3.63, 3.8) is 0 Å². The molecule has 0 radical (unpaired) electrons. The lowest BCUT2D eigenvalue weighted by atomic mass is 10.2. The highest BCUT2D eigenvalue weighted by molar-refractivity contribution is 7.98. The van der Waals surface area contributed by atoms with Crippen molar-refractivity contribution in [1.82, 2.24) is 0 Å². The van der Waals surface area contributed by atoms with E-state index in [4.69, 9.17) is 5.73 Å². The molecule has 0 amide bonds. The molecule has 0 bridgehead atoms. The third-order valence-corrected chi connectivity index (χ3v) is 3.68. The molecule has 16 heavy (non-hydrogen) atoms. The largest absolute Gasteiger partial charge is 0.399 e. The summed E-state index contributed by atoms with van der Waals surface area (Å²) in [6, 6.07) is 16.5. The Bertz CT molecular complexity index is 465. The zero-order chi connectivity index (χ0) is 11.4. The van der Waals surface area contributed by atoms with Crippen LogP contribution in [0, 0.1) is 6.92 Å². The molecule has 0 saturated heterocycles. The lowest BCUT2D eigenvalue weighted by Gasteiger charge is -2.06. The molecule has 0 heterocycles. The Labute approximate surface area is 101 Å². The minimum absolute atomic E-state index is 0.834. The molecule has 0 atom stereocenters. The molecule has 0 aliphatic carbocycles. The van der Waals surface area contributed by atoms with E-state index in [1.165, 1.54) is 16.0 Å². The minimum atomic E-state index is 0.834. The van der Waals surface area contributed by atoms with Crippen LogP contribution in [0.1, 0.15) is 11.1 Å². The van der Waals surface area contributed by atoms with Crippen molar-refractivity contribution in [1.29, 1.82) is 0 Å². The van der Waals surface area contributed by atoms with Gasteiger partial charge in [0, 0.05) is 16.3 Å². The first-order valence-corrected chi connectivity index (χ1v) is 6.27. The molecule has 0 fully saturated rings. The van der Waals surface area contributed by atoms with Gasteiger partial charge in [-0.05, 0) is 30.2 Å². The molecule has 2 aromatic carbocycles. The van der Waals surface area contributed by atoms with E-state index >= 15 is 0 Å². The molecule has 0 saturated carbocycles. The fraction of sp³-hybridized carbons (Fsp3) is 0.143. The summed E-state index contributed by atoms with van der Waals surface area (Å²) in [7, 11) is 0. The number of anilines is 1. The molecule has 2 N–H and O–H groups in total. The third kappa shape index (κ3) is 2.80. The molecular weight excluding hydrogens is 214 g/mol. The topological polar surface area (TPSA) is 26.0 Å². The second-order valence-electron chi connectivity index (χ2n) is 3.80. The highest BCUT2D eigenvalue weighted by Crippen LogP contribution is 2.27. The number of nitrogens with two attached hydrogens (primary N) is 1. The summed E-state index contributed by atoms with van der Waals surface area (Å²) in [4.78, 5) is 1.27. The first-order chi connectivity index (χ1) is 7.75. The van der Waals surface area contributed by atoms with Gasteiger partial charge in [-0.25, -0.2) is 0 Å². The van der Waals surface area contributed by atoms with Crippen LogP contribution < -0.4 is 5.73 Å². The van der Waals surface area contributed by atoms with Crippen molar-refractivity contribution < 1.29 is 0 Å². The number of benzene rings is 2. The Hall–Kier alpha value is -1.41. The fourth-order valence-corrected chi connectivity index (χ4v) is 2.54. The van der Waals surface area contributed by atoms with Crippen LogP contribution in [-0.2, 0) is 5.75 Å². The van der Waals surface area contributed by atoms with Crippen LogP contribution in [0.5, 0.6) is 0 Å². The first kappa shape index (κ1) is 11.1. The van der Waals surface area contributed by atoms with Gasteiger partial charge in [-0.2, -0.15) is 0 Å². The number of nitrogen functional groups attached to an aromatic ring is 1. The van der Waals surface area contributed by atoms with Gasteiger partial charge in [0.05, 0.1) is 0 Å². The normalized spacial score (nSPS) is 10.3. The van der Waals surface area contributed by atoms with E-state index in [0.29, 0.717) is 0 Å². The van der Waals surface area contributed by atoms with Crippen molar-refractivity contribution in [2.24, 2.45) is 0 Å². The average molecular weight is 229 g/mol. The molecule has 0 unspecified atom stereocenters. The van der Waals surface area contributed by atoms with Gasteiger partial charge in [-0.3, -0.25) is 0 Å². The van der Waals surface area contributed by atoms with Crippen molar-refractivity contribution in [2.45, 2.75) is 17.6 Å². The van der Waals surface area contributed by atoms with Gasteiger partial charge in [-0.15, -0.1) is 11.8 Å². The molecular formula is C14H15NS. The van der Waals surface area contributed by atoms with Crippen LogP contribution in [0.3, 0.4) is 0 Å². The summed E-state index contributed by atoms with van der Waals surface area (Å²) >= 11 is 1.83. The van der Waals surface area contributed by atoms with Gasteiger partial charge < -0.3 is 5.73 Å². The van der Waals surface area contributed by atoms with E-state index < -0.39 is 0 Å². The van der Waals surface area contributed by atoms with Crippen LogP contribution in [0.4, 0.5) is 5.69 Å². The van der Waals surface area contributed by atoms with Gasteiger partial charge in [0.2, 0.25) is 0 Å². The van der Waals surface area contributed by atoms with E-state index in [-0.39, 0.29) is 0 Å². The van der Waals surface area contributed by atoms with Crippen LogP contribution >= 0.6 is 11.8 Å². The van der Waals surface area contributed by atoms with Crippen LogP contribution in [0.25, 0.3) is 0 Å². The van der Waals surface area contributed by atoms with E-state index in [9.17, 15) is 0 Å². The predicted molar refractivity (Wildman–Crippen MR) is 71.6 cm³/mol. The fourth-order valence-electron chi connectivity index (χ4n) is 1.51. The number of aryl methyl sites for hydroxylation is 1. The Morgan fingerprint density at radius 1 is 1.06 bits per heavy atom. The van der Waals surface area contributed by atoms with Crippen molar-refractivity contribution in [2.75, 3.05) is 5.73 Å². The highest BCUT2D eigenvalue weighted by Gasteiger charge is 2.00. The average Bonchev–Trinajstić information content (AvgIpc) is 2.32. The summed E-state index contributed by atoms with van der Waals surface area (Å²) in [5.41, 5.74) is 9.25. The number of thioether (sulfide) groups is 1. The van der Waals surface area contributed by atoms with E-state index in [1.807, 2.05) is 30.0 Å². The molecule has 2 heteroatoms. The quantitative estimate of drug-likeness (QED) is 0.638. The van der Waals surface area contributed by atoms with Crippen LogP contribution in [0.15, 0.2) is 53.4 Å². The summed E-state index contributed by atoms with van der Waals surface area (Å²) in [5.74, 6) is 0.991. The lowest BCUT2D eigenvalue weighted by molar-refractivity contribution is 1.29. The predicted octanol–water partition coefficient (Wildman–Crippen LogP) is 3.87. The maximum atomic E-state index is 5.78. The van der Waals surface area contributed by atoms with E-state index in [2.05, 4.69) is 37.3 Å². The summed E-state index contributed by atoms with van der Waals surface area (Å²) < 4.78 is 0. The van der Waals surface area contributed by atoms with E-state index in [0.717, 1.165) is 11.4 Å². The second-order valence-corrected chi connectivity index (χ2v) is 4.82. The van der Waals surface area contributed by atoms with Gasteiger partial charge in [0.1, 0.15) is 0 Å². The Balaban J connectivity index is 2.08. The maximum Gasteiger partial charge on any atom is 0.0325 e. The lowest BCUT2D eigenvalue weighted by Crippen LogP contribution is -1.88. The first-order valence-electron chi connectivity index (χ1n) is 5.28. The standard InChI is InChI=1S/C14H15NS/c1-11-7-8-13(15)9-14(11)16-10-12-5-3-2-4-6-12/h2-9H,10,15H2,1H3. The SMILES string of the molecule is Cc1ccc(N)cc1SCc1ccccc1. The van der Waals surface area contributed by atoms with Crippen molar-refractivity contribution >= 4 is 17.4 Å². The summed E-state index contributed by atoms with van der Waals surface area (Å²) in [6.45, 7) is 2.12. The summed E-state index contributed by atoms with van der Waals surface area (Å²) in [5, 5.41) is 0. The van der Waals surface area contributed by atoms with Gasteiger partial charge in [0.15, 0.2) is 0 Å². The third-order valence-electron chi connectivity index (χ3n) is 2.45. The minimum Gasteiger partial charge on any atom is -0.399 e. The molecule has 1 nitrogen and oxygen atoms in total. The second kappa shape index (κ2) is 5.08. The van der Waals surface area contributed by atoms with Gasteiger partial charge in [-0.1, -0.05) is 36.4 Å². The number of rotatable bonds is 3. The van der Waals surface area contributed by atoms with Crippen LogP contribution in [-0.4, -0.2) is 0 Å². The van der Waals surface area contributed by atoms with Gasteiger partial charge in [0.25, 0.3) is 0 Å². The molecule has 0 aliphatic heterocycles. The Morgan fingerprint density at radius 2 is 1.81 bits per heavy atom. The molecule has 0 spiro atoms. The smallest absolute Gasteiger partial charge is 0.0325 e. The Morgan fingerprint density at radius 3 is 2.56 bits per heavy atom. The Kier molecular flexibility index (Phi) is 3.52. The van der Waals surface area contributed by atoms with Crippen molar-refractivity contribution in [3.05, 3.63) is 59.7 Å². The van der Waals surface area contributed by atoms with E-state index in [1.54, 1.807) is 0 Å². The monoisotopic (exact) mass is 229 g/mol. The molecule has 2 rings (SSSR count). The maximum absolute atomic E-state index is 5.78.